The van der Waals surface area contributed by atoms with Gasteiger partial charge >= 0.3 is 0 Å². The number of ketones is 1. The van der Waals surface area contributed by atoms with Crippen LogP contribution in [-0.4, -0.2) is 16.6 Å². The molecule has 0 heterocycles. The molecule has 1 aromatic carbocycles. The number of aliphatic hydroxyl groups excluding tert-OH is 1. The maximum atomic E-state index is 11.6. The van der Waals surface area contributed by atoms with Crippen LogP contribution in [-0.2, 0) is 4.79 Å². The second kappa shape index (κ2) is 6.04. The Morgan fingerprint density at radius 1 is 1.25 bits per heavy atom. The van der Waals surface area contributed by atoms with E-state index in [1.165, 1.54) is 16.5 Å². The Morgan fingerprint density at radius 3 is 2.50 bits per heavy atom. The van der Waals surface area contributed by atoms with Gasteiger partial charge in [0.1, 0.15) is 0 Å². The van der Waals surface area contributed by atoms with Crippen LogP contribution in [0.5, 0.6) is 0 Å². The number of aryl methyl sites for hydroxylation is 1. The predicted octanol–water partition coefficient (Wildman–Crippen LogP) is 4.53. The topological polar surface area (TPSA) is 37.3 Å². The van der Waals surface area contributed by atoms with E-state index in [0.717, 1.165) is 5.75 Å². The van der Waals surface area contributed by atoms with Crippen LogP contribution in [0.1, 0.15) is 32.3 Å². The number of hydrogen-bond acceptors (Lipinski definition) is 3. The minimum absolute atomic E-state index is 0.0213. The van der Waals surface area contributed by atoms with Crippen molar-refractivity contribution in [2.24, 2.45) is 11.3 Å². The summed E-state index contributed by atoms with van der Waals surface area (Å²) in [6.07, 6.45) is 2.54. The van der Waals surface area contributed by atoms with E-state index in [-0.39, 0.29) is 22.9 Å². The zero-order chi connectivity index (χ0) is 14.8. The Kier molecular flexibility index (Phi) is 4.59. The maximum Gasteiger partial charge on any atom is 0.159 e. The Hall–Kier alpha value is -1.22. The third-order valence-corrected chi connectivity index (χ3v) is 5.46. The number of benzene rings is 1. The van der Waals surface area contributed by atoms with Gasteiger partial charge in [0.05, 0.1) is 5.76 Å². The molecule has 0 aliphatic heterocycles. The predicted molar refractivity (Wildman–Crippen MR) is 84.1 cm³/mol. The van der Waals surface area contributed by atoms with E-state index < -0.39 is 0 Å². The van der Waals surface area contributed by atoms with Gasteiger partial charge < -0.3 is 5.11 Å². The van der Waals surface area contributed by atoms with Crippen LogP contribution in [0.4, 0.5) is 0 Å². The lowest BCUT2D eigenvalue weighted by Gasteiger charge is -2.35. The molecule has 2 nitrogen and oxygen atoms in total. The molecule has 2 rings (SSSR count). The highest BCUT2D eigenvalue weighted by Crippen LogP contribution is 2.40. The van der Waals surface area contributed by atoms with Crippen molar-refractivity contribution in [1.29, 1.82) is 0 Å². The Labute approximate surface area is 125 Å². The van der Waals surface area contributed by atoms with Crippen LogP contribution in [0.3, 0.4) is 0 Å². The number of aliphatic hydroxyl groups is 1. The van der Waals surface area contributed by atoms with Crippen LogP contribution >= 0.6 is 11.8 Å². The van der Waals surface area contributed by atoms with Crippen molar-refractivity contribution in [1.82, 2.24) is 0 Å². The summed E-state index contributed by atoms with van der Waals surface area (Å²) in [7, 11) is 0. The minimum Gasteiger partial charge on any atom is -0.512 e. The van der Waals surface area contributed by atoms with Gasteiger partial charge in [-0.2, -0.15) is 0 Å². The fraction of sp³-hybridized carbons (Fsp3) is 0.471. The normalized spacial score (nSPS) is 19.9. The SMILES string of the molecule is Cc1ccc(SCC(C)(C)C2CC(=O)C=C(O)C2)cc1. The zero-order valence-corrected chi connectivity index (χ0v) is 13.2. The van der Waals surface area contributed by atoms with E-state index in [4.69, 9.17) is 0 Å². The molecule has 1 N–H and O–H groups in total. The first-order valence-corrected chi connectivity index (χ1v) is 7.97. The second-order valence-electron chi connectivity index (χ2n) is 6.30. The van der Waals surface area contributed by atoms with E-state index in [0.29, 0.717) is 12.8 Å². The molecule has 108 valence electrons. The van der Waals surface area contributed by atoms with Gasteiger partial charge in [-0.25, -0.2) is 0 Å². The van der Waals surface area contributed by atoms with Gasteiger partial charge in [-0.1, -0.05) is 31.5 Å². The zero-order valence-electron chi connectivity index (χ0n) is 12.3. The van der Waals surface area contributed by atoms with E-state index in [1.54, 1.807) is 0 Å². The molecular weight excluding hydrogens is 268 g/mol. The van der Waals surface area contributed by atoms with Crippen LogP contribution in [0.25, 0.3) is 0 Å². The molecule has 0 fully saturated rings. The number of carbonyl (C=O) groups excluding carboxylic acids is 1. The van der Waals surface area contributed by atoms with Gasteiger partial charge in [-0.05, 0) is 30.4 Å². The van der Waals surface area contributed by atoms with Crippen molar-refractivity contribution in [3.63, 3.8) is 0 Å². The Balaban J connectivity index is 1.98. The lowest BCUT2D eigenvalue weighted by Crippen LogP contribution is -2.31. The van der Waals surface area contributed by atoms with Gasteiger partial charge in [-0.15, -0.1) is 11.8 Å². The molecule has 0 spiro atoms. The van der Waals surface area contributed by atoms with Crippen molar-refractivity contribution in [2.75, 3.05) is 5.75 Å². The molecule has 3 heteroatoms. The molecule has 0 saturated heterocycles. The molecule has 0 amide bonds. The van der Waals surface area contributed by atoms with Gasteiger partial charge in [-0.3, -0.25) is 4.79 Å². The molecule has 1 aliphatic rings. The summed E-state index contributed by atoms with van der Waals surface area (Å²) in [4.78, 5) is 12.9. The van der Waals surface area contributed by atoms with E-state index in [2.05, 4.69) is 45.0 Å². The first-order valence-electron chi connectivity index (χ1n) is 6.99. The van der Waals surface area contributed by atoms with Gasteiger partial charge in [0.15, 0.2) is 5.78 Å². The van der Waals surface area contributed by atoms with Gasteiger partial charge in [0.2, 0.25) is 0 Å². The fourth-order valence-electron chi connectivity index (χ4n) is 2.45. The minimum atomic E-state index is 0.0213. The summed E-state index contributed by atoms with van der Waals surface area (Å²) >= 11 is 1.82. The molecule has 20 heavy (non-hydrogen) atoms. The molecule has 0 aromatic heterocycles. The van der Waals surface area contributed by atoms with Crippen LogP contribution < -0.4 is 0 Å². The van der Waals surface area contributed by atoms with Crippen LogP contribution in [0.15, 0.2) is 41.0 Å². The molecule has 1 aliphatic carbocycles. The lowest BCUT2D eigenvalue weighted by molar-refractivity contribution is -0.117. The summed E-state index contributed by atoms with van der Waals surface area (Å²) in [5.41, 5.74) is 1.29. The Bertz CT molecular complexity index is 514. The highest BCUT2D eigenvalue weighted by Gasteiger charge is 2.34. The highest BCUT2D eigenvalue weighted by atomic mass is 32.2. The highest BCUT2D eigenvalue weighted by molar-refractivity contribution is 7.99. The number of thioether (sulfide) groups is 1. The van der Waals surface area contributed by atoms with Crippen molar-refractivity contribution < 1.29 is 9.90 Å². The van der Waals surface area contributed by atoms with E-state index in [1.807, 2.05) is 11.8 Å². The number of carbonyl (C=O) groups is 1. The lowest BCUT2D eigenvalue weighted by atomic mass is 9.73. The monoisotopic (exact) mass is 290 g/mol. The van der Waals surface area contributed by atoms with Crippen LogP contribution in [0, 0.1) is 18.3 Å². The van der Waals surface area contributed by atoms with Crippen molar-refractivity contribution in [3.8, 4) is 0 Å². The second-order valence-corrected chi connectivity index (χ2v) is 7.35. The number of hydrogen-bond donors (Lipinski definition) is 1. The molecule has 1 atom stereocenters. The molecule has 0 bridgehead atoms. The molecule has 0 radical (unpaired) electrons. The Morgan fingerprint density at radius 2 is 1.90 bits per heavy atom. The molecule has 1 aromatic rings. The summed E-state index contributed by atoms with van der Waals surface area (Å²) in [6, 6.07) is 8.51. The van der Waals surface area contributed by atoms with Crippen molar-refractivity contribution in [3.05, 3.63) is 41.7 Å². The maximum absolute atomic E-state index is 11.6. The molecular formula is C17H22O2S. The van der Waals surface area contributed by atoms with E-state index in [9.17, 15) is 9.90 Å². The van der Waals surface area contributed by atoms with Gasteiger partial charge in [0.25, 0.3) is 0 Å². The quantitative estimate of drug-likeness (QED) is 0.828. The van der Waals surface area contributed by atoms with Crippen LogP contribution in [0.2, 0.25) is 0 Å². The number of rotatable bonds is 4. The number of allylic oxidation sites excluding steroid dienone is 2. The van der Waals surface area contributed by atoms with Gasteiger partial charge in [0, 0.05) is 29.6 Å². The average molecular weight is 290 g/mol. The van der Waals surface area contributed by atoms with Crippen molar-refractivity contribution >= 4 is 17.5 Å². The first kappa shape index (κ1) is 15.2. The largest absolute Gasteiger partial charge is 0.512 e. The molecule has 0 saturated carbocycles. The first-order chi connectivity index (χ1) is 9.37. The summed E-state index contributed by atoms with van der Waals surface area (Å²) in [6.45, 7) is 6.45. The summed E-state index contributed by atoms with van der Waals surface area (Å²) in [5.74, 6) is 1.45. The molecule has 1 unspecified atom stereocenters. The third-order valence-electron chi connectivity index (χ3n) is 3.97. The average Bonchev–Trinajstić information content (AvgIpc) is 2.37. The smallest absolute Gasteiger partial charge is 0.159 e. The van der Waals surface area contributed by atoms with Crippen molar-refractivity contribution in [2.45, 2.75) is 38.5 Å². The van der Waals surface area contributed by atoms with E-state index >= 15 is 0 Å². The summed E-state index contributed by atoms with van der Waals surface area (Å²) < 4.78 is 0. The standard InChI is InChI=1S/C17H22O2S/c1-12-4-6-16(7-5-12)20-11-17(2,3)13-8-14(18)10-15(19)9-13/h4-7,10,13,18H,8-9,11H2,1-3H3. The fourth-order valence-corrected chi connectivity index (χ4v) is 3.55. The summed E-state index contributed by atoms with van der Waals surface area (Å²) in [5, 5.41) is 9.66. The third kappa shape index (κ3) is 3.89.